The van der Waals surface area contributed by atoms with Crippen molar-refractivity contribution in [1.82, 2.24) is 10.2 Å². The molecule has 1 N–H and O–H groups in total. The third kappa shape index (κ3) is 3.81. The van der Waals surface area contributed by atoms with Crippen molar-refractivity contribution in [3.63, 3.8) is 0 Å². The number of nitrogens with zero attached hydrogens (tertiary/aromatic N) is 1. The highest BCUT2D eigenvalue weighted by molar-refractivity contribution is 5.01. The Morgan fingerprint density at radius 3 is 2.62 bits per heavy atom. The molecule has 0 aromatic heterocycles. The summed E-state index contributed by atoms with van der Waals surface area (Å²) in [6.07, 6.45) is 10.6. The van der Waals surface area contributed by atoms with Crippen LogP contribution in [0.5, 0.6) is 0 Å². The molecule has 1 fully saturated rings. The minimum absolute atomic E-state index is 0.295. The quantitative estimate of drug-likeness (QED) is 0.718. The summed E-state index contributed by atoms with van der Waals surface area (Å²) in [7, 11) is 0. The maximum Gasteiger partial charge on any atom is 0.0712 e. The number of hydrogen-bond donors (Lipinski definition) is 1. The molecule has 0 amide bonds. The summed E-state index contributed by atoms with van der Waals surface area (Å²) in [6, 6.07) is 1.46. The SMILES string of the molecule is C#CC(CC)N(CC1CCCCN1)C(C)C. The van der Waals surface area contributed by atoms with Crippen LogP contribution in [0.25, 0.3) is 0 Å². The number of hydrogen-bond acceptors (Lipinski definition) is 2. The maximum absolute atomic E-state index is 5.62. The van der Waals surface area contributed by atoms with Gasteiger partial charge in [0.25, 0.3) is 0 Å². The van der Waals surface area contributed by atoms with Crippen LogP contribution in [0.15, 0.2) is 0 Å². The second-order valence-corrected chi connectivity index (χ2v) is 5.03. The third-order valence-corrected chi connectivity index (χ3v) is 3.49. The van der Waals surface area contributed by atoms with E-state index in [1.165, 1.54) is 25.8 Å². The van der Waals surface area contributed by atoms with E-state index in [9.17, 15) is 0 Å². The minimum atomic E-state index is 0.295. The molecule has 1 rings (SSSR count). The van der Waals surface area contributed by atoms with Gasteiger partial charge in [-0.25, -0.2) is 0 Å². The first-order valence-electron chi connectivity index (χ1n) is 6.64. The van der Waals surface area contributed by atoms with Crippen molar-refractivity contribution in [3.8, 4) is 12.3 Å². The van der Waals surface area contributed by atoms with E-state index in [1.807, 2.05) is 0 Å². The molecule has 2 nitrogen and oxygen atoms in total. The predicted molar refractivity (Wildman–Crippen MR) is 70.4 cm³/mol. The van der Waals surface area contributed by atoms with Crippen LogP contribution in [0, 0.1) is 12.3 Å². The van der Waals surface area contributed by atoms with Crippen LogP contribution in [0.1, 0.15) is 46.5 Å². The van der Waals surface area contributed by atoms with Gasteiger partial charge in [-0.05, 0) is 39.7 Å². The molecule has 0 aromatic carbocycles. The Hall–Kier alpha value is -0.520. The molecule has 0 saturated carbocycles. The second kappa shape index (κ2) is 6.93. The van der Waals surface area contributed by atoms with Gasteiger partial charge in [-0.2, -0.15) is 0 Å². The van der Waals surface area contributed by atoms with Crippen LogP contribution >= 0.6 is 0 Å². The molecule has 0 aromatic rings. The lowest BCUT2D eigenvalue weighted by molar-refractivity contribution is 0.154. The molecule has 0 radical (unpaired) electrons. The Kier molecular flexibility index (Phi) is 5.87. The van der Waals surface area contributed by atoms with E-state index in [1.54, 1.807) is 0 Å². The summed E-state index contributed by atoms with van der Waals surface area (Å²) in [5.41, 5.74) is 0. The van der Waals surface area contributed by atoms with E-state index >= 15 is 0 Å². The van der Waals surface area contributed by atoms with E-state index in [4.69, 9.17) is 6.42 Å². The molecule has 1 aliphatic heterocycles. The molecule has 2 heteroatoms. The van der Waals surface area contributed by atoms with Gasteiger partial charge in [-0.15, -0.1) is 6.42 Å². The number of piperidine rings is 1. The zero-order chi connectivity index (χ0) is 12.0. The number of terminal acetylenes is 1. The Labute approximate surface area is 101 Å². The first-order valence-corrected chi connectivity index (χ1v) is 6.64. The topological polar surface area (TPSA) is 15.3 Å². The van der Waals surface area contributed by atoms with Gasteiger partial charge >= 0.3 is 0 Å². The monoisotopic (exact) mass is 222 g/mol. The van der Waals surface area contributed by atoms with Crippen molar-refractivity contribution in [3.05, 3.63) is 0 Å². The fourth-order valence-corrected chi connectivity index (χ4v) is 2.48. The van der Waals surface area contributed by atoms with Crippen LogP contribution in [-0.2, 0) is 0 Å². The fraction of sp³-hybridized carbons (Fsp3) is 0.857. The predicted octanol–water partition coefficient (Wildman–Crippen LogP) is 2.25. The summed E-state index contributed by atoms with van der Waals surface area (Å²) in [5, 5.41) is 3.60. The normalized spacial score (nSPS) is 23.4. The Balaban J connectivity index is 2.53. The summed E-state index contributed by atoms with van der Waals surface area (Å²) >= 11 is 0. The molecule has 92 valence electrons. The zero-order valence-electron chi connectivity index (χ0n) is 11.0. The lowest BCUT2D eigenvalue weighted by Gasteiger charge is -2.36. The molecule has 16 heavy (non-hydrogen) atoms. The van der Waals surface area contributed by atoms with E-state index in [0.29, 0.717) is 18.1 Å². The van der Waals surface area contributed by atoms with Crippen LogP contribution < -0.4 is 5.32 Å². The molecular weight excluding hydrogens is 196 g/mol. The van der Waals surface area contributed by atoms with Crippen molar-refractivity contribution >= 4 is 0 Å². The maximum atomic E-state index is 5.62. The van der Waals surface area contributed by atoms with Crippen molar-refractivity contribution in [1.29, 1.82) is 0 Å². The molecule has 1 aliphatic rings. The molecular formula is C14H26N2. The van der Waals surface area contributed by atoms with Crippen LogP contribution in [0.3, 0.4) is 0 Å². The van der Waals surface area contributed by atoms with E-state index in [0.717, 1.165) is 13.0 Å². The Bertz CT molecular complexity index is 223. The molecule has 2 atom stereocenters. The van der Waals surface area contributed by atoms with Gasteiger partial charge in [0.2, 0.25) is 0 Å². The number of nitrogens with one attached hydrogen (secondary N) is 1. The van der Waals surface area contributed by atoms with Gasteiger partial charge in [0.1, 0.15) is 0 Å². The minimum Gasteiger partial charge on any atom is -0.313 e. The molecule has 0 spiro atoms. The molecule has 1 heterocycles. The Morgan fingerprint density at radius 1 is 1.44 bits per heavy atom. The standard InChI is InChI=1S/C14H26N2/c1-5-14(6-2)16(12(3)4)11-13-9-7-8-10-15-13/h1,12-15H,6-11H2,2-4H3. The van der Waals surface area contributed by atoms with Crippen molar-refractivity contribution in [2.75, 3.05) is 13.1 Å². The lowest BCUT2D eigenvalue weighted by Crippen LogP contribution is -2.49. The van der Waals surface area contributed by atoms with Crippen LogP contribution in [0.2, 0.25) is 0 Å². The van der Waals surface area contributed by atoms with Gasteiger partial charge in [0.15, 0.2) is 0 Å². The average molecular weight is 222 g/mol. The third-order valence-electron chi connectivity index (χ3n) is 3.49. The average Bonchev–Trinajstić information content (AvgIpc) is 2.30. The van der Waals surface area contributed by atoms with Crippen LogP contribution in [0.4, 0.5) is 0 Å². The summed E-state index contributed by atoms with van der Waals surface area (Å²) in [4.78, 5) is 2.46. The fourth-order valence-electron chi connectivity index (χ4n) is 2.48. The van der Waals surface area contributed by atoms with Gasteiger partial charge in [0, 0.05) is 18.6 Å². The van der Waals surface area contributed by atoms with Gasteiger partial charge in [-0.1, -0.05) is 19.3 Å². The van der Waals surface area contributed by atoms with E-state index < -0.39 is 0 Å². The molecule has 1 saturated heterocycles. The van der Waals surface area contributed by atoms with Gasteiger partial charge < -0.3 is 5.32 Å². The highest BCUT2D eigenvalue weighted by Crippen LogP contribution is 2.14. The smallest absolute Gasteiger partial charge is 0.0712 e. The largest absolute Gasteiger partial charge is 0.313 e. The van der Waals surface area contributed by atoms with Crippen molar-refractivity contribution in [2.45, 2.75) is 64.6 Å². The summed E-state index contributed by atoms with van der Waals surface area (Å²) in [6.45, 7) is 8.92. The molecule has 0 aliphatic carbocycles. The first kappa shape index (κ1) is 13.5. The zero-order valence-corrected chi connectivity index (χ0v) is 11.0. The lowest BCUT2D eigenvalue weighted by atomic mass is 10.0. The van der Waals surface area contributed by atoms with Crippen LogP contribution in [-0.4, -0.2) is 36.1 Å². The summed E-state index contributed by atoms with van der Waals surface area (Å²) < 4.78 is 0. The van der Waals surface area contributed by atoms with E-state index in [2.05, 4.69) is 36.9 Å². The number of rotatable bonds is 5. The van der Waals surface area contributed by atoms with E-state index in [-0.39, 0.29) is 0 Å². The highest BCUT2D eigenvalue weighted by atomic mass is 15.2. The van der Waals surface area contributed by atoms with Crippen molar-refractivity contribution < 1.29 is 0 Å². The second-order valence-electron chi connectivity index (χ2n) is 5.03. The highest BCUT2D eigenvalue weighted by Gasteiger charge is 2.22. The Morgan fingerprint density at radius 2 is 2.19 bits per heavy atom. The van der Waals surface area contributed by atoms with Gasteiger partial charge in [-0.3, -0.25) is 4.90 Å². The van der Waals surface area contributed by atoms with Gasteiger partial charge in [0.05, 0.1) is 6.04 Å². The van der Waals surface area contributed by atoms with Crippen molar-refractivity contribution in [2.24, 2.45) is 0 Å². The molecule has 0 bridgehead atoms. The first-order chi connectivity index (χ1) is 7.69. The summed E-state index contributed by atoms with van der Waals surface area (Å²) in [5.74, 6) is 2.92. The molecule has 2 unspecified atom stereocenters.